The number of hydrogen-bond donors (Lipinski definition) is 3. The average Bonchev–Trinajstić information content (AvgIpc) is 3.15. The average molecular weight is 440 g/mol. The zero-order valence-corrected chi connectivity index (χ0v) is 16.6. The van der Waals surface area contributed by atoms with Gasteiger partial charge in [0.05, 0.1) is 0 Å². The molecule has 142 valence electrons. The lowest BCUT2D eigenvalue weighted by atomic mass is 10.2. The molecular weight excluding hydrogens is 422 g/mol. The van der Waals surface area contributed by atoms with Crippen LogP contribution in [0.2, 0.25) is 0 Å². The van der Waals surface area contributed by atoms with Crippen molar-refractivity contribution >= 4 is 39.8 Å². The first-order valence-corrected chi connectivity index (χ1v) is 9.33. The first-order chi connectivity index (χ1) is 13.5. The molecule has 2 amide bonds. The maximum absolute atomic E-state index is 12.3. The molecule has 0 aliphatic rings. The maximum Gasteiger partial charge on any atom is 0.249 e. The Labute approximate surface area is 170 Å². The number of carbonyl (C=O) groups is 2. The SMILES string of the molecule is CC(NC(=O)/C=C/c1ccccc1)C(=O)Nc1n[nH]c(-c2cccc(Br)c2)n1. The lowest BCUT2D eigenvalue weighted by Crippen LogP contribution is -2.41. The first kappa shape index (κ1) is 19.5. The Morgan fingerprint density at radius 1 is 1.14 bits per heavy atom. The Bertz CT molecular complexity index is 1000. The van der Waals surface area contributed by atoms with E-state index >= 15 is 0 Å². The number of aromatic amines is 1. The Kier molecular flexibility index (Phi) is 6.33. The largest absolute Gasteiger partial charge is 0.341 e. The van der Waals surface area contributed by atoms with Crippen molar-refractivity contribution in [2.45, 2.75) is 13.0 Å². The molecule has 3 N–H and O–H groups in total. The van der Waals surface area contributed by atoms with Gasteiger partial charge in [-0.25, -0.2) is 0 Å². The number of benzene rings is 2. The summed E-state index contributed by atoms with van der Waals surface area (Å²) in [5.41, 5.74) is 1.73. The smallest absolute Gasteiger partial charge is 0.249 e. The Balaban J connectivity index is 1.55. The van der Waals surface area contributed by atoms with E-state index in [1.807, 2.05) is 54.6 Å². The van der Waals surface area contributed by atoms with E-state index in [9.17, 15) is 9.59 Å². The van der Waals surface area contributed by atoms with E-state index in [2.05, 4.69) is 41.7 Å². The van der Waals surface area contributed by atoms with Crippen LogP contribution in [0.15, 0.2) is 65.1 Å². The van der Waals surface area contributed by atoms with Crippen LogP contribution in [0.1, 0.15) is 12.5 Å². The van der Waals surface area contributed by atoms with Crippen LogP contribution in [0.3, 0.4) is 0 Å². The zero-order valence-electron chi connectivity index (χ0n) is 15.0. The van der Waals surface area contributed by atoms with Crippen molar-refractivity contribution in [3.8, 4) is 11.4 Å². The maximum atomic E-state index is 12.3. The third-order valence-electron chi connectivity index (χ3n) is 3.80. The number of aromatic nitrogens is 3. The molecule has 0 bridgehead atoms. The topological polar surface area (TPSA) is 99.8 Å². The van der Waals surface area contributed by atoms with Crippen LogP contribution < -0.4 is 10.6 Å². The van der Waals surface area contributed by atoms with Gasteiger partial charge in [0.2, 0.25) is 17.8 Å². The van der Waals surface area contributed by atoms with Gasteiger partial charge in [-0.1, -0.05) is 58.4 Å². The molecule has 28 heavy (non-hydrogen) atoms. The van der Waals surface area contributed by atoms with Crippen LogP contribution in [-0.4, -0.2) is 33.0 Å². The molecule has 0 aliphatic heterocycles. The number of nitrogens with zero attached hydrogens (tertiary/aromatic N) is 2. The summed E-state index contributed by atoms with van der Waals surface area (Å²) < 4.78 is 0.909. The third kappa shape index (κ3) is 5.37. The number of hydrogen-bond acceptors (Lipinski definition) is 4. The number of nitrogens with one attached hydrogen (secondary N) is 3. The van der Waals surface area contributed by atoms with E-state index in [0.29, 0.717) is 5.82 Å². The molecule has 3 rings (SSSR count). The highest BCUT2D eigenvalue weighted by molar-refractivity contribution is 9.10. The van der Waals surface area contributed by atoms with Crippen LogP contribution in [-0.2, 0) is 9.59 Å². The standard InChI is InChI=1S/C20H18BrN5O2/c1-13(22-17(27)11-10-14-6-3-2-4-7-14)19(28)24-20-23-18(25-26-20)15-8-5-9-16(21)12-15/h2-13H,1H3,(H,22,27)(H2,23,24,25,26,28)/b11-10+. The van der Waals surface area contributed by atoms with E-state index in [1.165, 1.54) is 6.08 Å². The van der Waals surface area contributed by atoms with E-state index in [4.69, 9.17) is 0 Å². The summed E-state index contributed by atoms with van der Waals surface area (Å²) in [7, 11) is 0. The van der Waals surface area contributed by atoms with Crippen molar-refractivity contribution in [1.29, 1.82) is 0 Å². The van der Waals surface area contributed by atoms with Crippen LogP contribution in [0.25, 0.3) is 17.5 Å². The van der Waals surface area contributed by atoms with Gasteiger partial charge in [0, 0.05) is 16.1 Å². The Morgan fingerprint density at radius 3 is 2.68 bits per heavy atom. The summed E-state index contributed by atoms with van der Waals surface area (Å²) in [5.74, 6) is -0.113. The molecule has 0 fully saturated rings. The van der Waals surface area contributed by atoms with Gasteiger partial charge in [0.1, 0.15) is 6.04 Å². The van der Waals surface area contributed by atoms with E-state index in [1.54, 1.807) is 13.0 Å². The van der Waals surface area contributed by atoms with E-state index in [0.717, 1.165) is 15.6 Å². The Morgan fingerprint density at radius 2 is 1.93 bits per heavy atom. The molecule has 0 saturated carbocycles. The second-order valence-electron chi connectivity index (χ2n) is 5.98. The van der Waals surface area contributed by atoms with Crippen molar-refractivity contribution in [2.24, 2.45) is 0 Å². The number of H-pyrrole nitrogens is 1. The summed E-state index contributed by atoms with van der Waals surface area (Å²) in [4.78, 5) is 28.5. The van der Waals surface area contributed by atoms with Gasteiger partial charge in [0.25, 0.3) is 0 Å². The molecule has 1 unspecified atom stereocenters. The fourth-order valence-electron chi connectivity index (χ4n) is 2.36. The third-order valence-corrected chi connectivity index (χ3v) is 4.29. The summed E-state index contributed by atoms with van der Waals surface area (Å²) in [5, 5.41) is 12.0. The molecule has 0 aliphatic carbocycles. The zero-order chi connectivity index (χ0) is 19.9. The molecular formula is C20H18BrN5O2. The molecule has 1 atom stereocenters. The van der Waals surface area contributed by atoms with E-state index < -0.39 is 11.9 Å². The fourth-order valence-corrected chi connectivity index (χ4v) is 2.76. The summed E-state index contributed by atoms with van der Waals surface area (Å²) in [6.07, 6.45) is 3.07. The predicted molar refractivity (Wildman–Crippen MR) is 111 cm³/mol. The minimum Gasteiger partial charge on any atom is -0.341 e. The van der Waals surface area contributed by atoms with Gasteiger partial charge in [-0.3, -0.25) is 20.0 Å². The summed E-state index contributed by atoms with van der Waals surface area (Å²) in [6.45, 7) is 1.59. The van der Waals surface area contributed by atoms with Crippen LogP contribution in [0.5, 0.6) is 0 Å². The minimum atomic E-state index is -0.749. The number of anilines is 1. The number of carbonyl (C=O) groups excluding carboxylic acids is 2. The highest BCUT2D eigenvalue weighted by atomic mass is 79.9. The number of halogens is 1. The highest BCUT2D eigenvalue weighted by Crippen LogP contribution is 2.20. The molecule has 3 aromatic rings. The normalized spacial score (nSPS) is 11.9. The van der Waals surface area contributed by atoms with Crippen LogP contribution >= 0.6 is 15.9 Å². The van der Waals surface area contributed by atoms with Gasteiger partial charge in [0.15, 0.2) is 5.82 Å². The second kappa shape index (κ2) is 9.09. The highest BCUT2D eigenvalue weighted by Gasteiger charge is 2.16. The fraction of sp³-hybridized carbons (Fsp3) is 0.100. The van der Waals surface area contributed by atoms with Crippen molar-refractivity contribution in [3.63, 3.8) is 0 Å². The van der Waals surface area contributed by atoms with Crippen molar-refractivity contribution in [3.05, 3.63) is 70.7 Å². The van der Waals surface area contributed by atoms with Crippen molar-refractivity contribution in [2.75, 3.05) is 5.32 Å². The summed E-state index contributed by atoms with van der Waals surface area (Å²) >= 11 is 3.40. The summed E-state index contributed by atoms with van der Waals surface area (Å²) in [6, 6.07) is 16.2. The molecule has 8 heteroatoms. The number of amides is 2. The molecule has 1 aromatic heterocycles. The molecule has 0 saturated heterocycles. The monoisotopic (exact) mass is 439 g/mol. The van der Waals surface area contributed by atoms with E-state index in [-0.39, 0.29) is 11.9 Å². The molecule has 7 nitrogen and oxygen atoms in total. The van der Waals surface area contributed by atoms with Crippen molar-refractivity contribution in [1.82, 2.24) is 20.5 Å². The quantitative estimate of drug-likeness (QED) is 0.512. The van der Waals surface area contributed by atoms with Crippen molar-refractivity contribution < 1.29 is 9.59 Å². The number of rotatable bonds is 6. The first-order valence-electron chi connectivity index (χ1n) is 8.54. The van der Waals surface area contributed by atoms with Gasteiger partial charge >= 0.3 is 0 Å². The van der Waals surface area contributed by atoms with Gasteiger partial charge in [-0.05, 0) is 30.7 Å². The van der Waals surface area contributed by atoms with Crippen LogP contribution in [0, 0.1) is 0 Å². The Hall–Kier alpha value is -3.26. The molecule has 0 radical (unpaired) electrons. The lowest BCUT2D eigenvalue weighted by Gasteiger charge is -2.10. The predicted octanol–water partition coefficient (Wildman–Crippen LogP) is 3.39. The lowest BCUT2D eigenvalue weighted by molar-refractivity contribution is -0.123. The van der Waals surface area contributed by atoms with Gasteiger partial charge in [-0.15, -0.1) is 5.10 Å². The molecule has 1 heterocycles. The molecule has 0 spiro atoms. The van der Waals surface area contributed by atoms with Crippen LogP contribution in [0.4, 0.5) is 5.95 Å². The molecule has 2 aromatic carbocycles. The minimum absolute atomic E-state index is 0.140. The second-order valence-corrected chi connectivity index (χ2v) is 6.90. The van der Waals surface area contributed by atoms with Gasteiger partial charge < -0.3 is 5.32 Å². The van der Waals surface area contributed by atoms with Gasteiger partial charge in [-0.2, -0.15) is 4.98 Å².